The maximum atomic E-state index is 11.8. The Morgan fingerprint density at radius 3 is 2.82 bits per heavy atom. The van der Waals surface area contributed by atoms with E-state index in [4.69, 9.17) is 5.73 Å². The fourth-order valence-electron chi connectivity index (χ4n) is 2.04. The van der Waals surface area contributed by atoms with Crippen LogP contribution in [0.2, 0.25) is 0 Å². The van der Waals surface area contributed by atoms with Crippen molar-refractivity contribution in [3.8, 4) is 11.3 Å². The number of fused-ring (bicyclic) bond motifs is 1. The monoisotopic (exact) mass is 331 g/mol. The fraction of sp³-hybridized carbons (Fsp3) is 0.0714. The number of carbonyl (C=O) groups is 1. The van der Waals surface area contributed by atoms with E-state index in [2.05, 4.69) is 28.1 Å². The van der Waals surface area contributed by atoms with E-state index >= 15 is 0 Å². The Balaban J connectivity index is 1.81. The van der Waals surface area contributed by atoms with Crippen LogP contribution in [0, 0.1) is 0 Å². The van der Waals surface area contributed by atoms with Crippen LogP contribution in [0.1, 0.15) is 5.69 Å². The first-order valence-electron chi connectivity index (χ1n) is 6.48. The lowest BCUT2D eigenvalue weighted by Crippen LogP contribution is -2.45. The van der Waals surface area contributed by atoms with Crippen molar-refractivity contribution in [2.75, 3.05) is 0 Å². The van der Waals surface area contributed by atoms with Crippen molar-refractivity contribution in [2.45, 2.75) is 6.42 Å². The van der Waals surface area contributed by atoms with E-state index < -0.39 is 0 Å². The Bertz CT molecular complexity index is 824. The molecule has 0 spiro atoms. The van der Waals surface area contributed by atoms with Crippen molar-refractivity contribution in [3.63, 3.8) is 0 Å². The summed E-state index contributed by atoms with van der Waals surface area (Å²) < 4.78 is 1.92. The Labute approximate surface area is 135 Å². The van der Waals surface area contributed by atoms with Crippen LogP contribution in [-0.4, -0.2) is 20.4 Å². The van der Waals surface area contributed by atoms with Gasteiger partial charge in [-0.3, -0.25) is 20.0 Å². The number of hydrazine groups is 1. The van der Waals surface area contributed by atoms with Gasteiger partial charge in [0.15, 0.2) is 10.1 Å². The van der Waals surface area contributed by atoms with Crippen LogP contribution in [0.5, 0.6) is 0 Å². The van der Waals surface area contributed by atoms with Crippen LogP contribution in [0.3, 0.4) is 0 Å². The van der Waals surface area contributed by atoms with Gasteiger partial charge in [0.2, 0.25) is 5.91 Å². The molecular weight excluding hydrogens is 318 g/mol. The second-order valence-corrected chi connectivity index (χ2v) is 5.86. The first-order valence-corrected chi connectivity index (χ1v) is 7.77. The predicted molar refractivity (Wildman–Crippen MR) is 90.3 cm³/mol. The number of carbonyl (C=O) groups excluding carboxylic acids is 1. The van der Waals surface area contributed by atoms with Crippen LogP contribution in [0.25, 0.3) is 16.2 Å². The van der Waals surface area contributed by atoms with Gasteiger partial charge in [-0.15, -0.1) is 11.3 Å². The average Bonchev–Trinajstić information content (AvgIpc) is 3.08. The number of amides is 1. The number of imidazole rings is 1. The number of hydrogen-bond acceptors (Lipinski definition) is 4. The Morgan fingerprint density at radius 2 is 2.09 bits per heavy atom. The summed E-state index contributed by atoms with van der Waals surface area (Å²) >= 11 is 6.13. The number of nitrogens with two attached hydrogens (primary N) is 1. The molecule has 112 valence electrons. The molecule has 1 aromatic carbocycles. The minimum absolute atomic E-state index is 0.0258. The van der Waals surface area contributed by atoms with E-state index in [0.717, 1.165) is 21.9 Å². The number of aromatic nitrogens is 2. The summed E-state index contributed by atoms with van der Waals surface area (Å²) in [5, 5.41) is 1.94. The highest BCUT2D eigenvalue weighted by Crippen LogP contribution is 2.23. The summed E-state index contributed by atoms with van der Waals surface area (Å²) in [4.78, 5) is 17.2. The topological polar surface area (TPSA) is 84.5 Å². The van der Waals surface area contributed by atoms with E-state index in [1.54, 1.807) is 0 Å². The van der Waals surface area contributed by atoms with E-state index in [9.17, 15) is 4.79 Å². The van der Waals surface area contributed by atoms with Gasteiger partial charge in [-0.2, -0.15) is 0 Å². The fourth-order valence-corrected chi connectivity index (χ4v) is 2.97. The van der Waals surface area contributed by atoms with E-state index in [-0.39, 0.29) is 17.4 Å². The molecule has 6 nitrogen and oxygen atoms in total. The molecule has 0 aliphatic rings. The molecule has 0 radical (unpaired) electrons. The maximum absolute atomic E-state index is 11.8. The lowest BCUT2D eigenvalue weighted by molar-refractivity contribution is -0.121. The summed E-state index contributed by atoms with van der Waals surface area (Å²) in [6, 6.07) is 9.92. The number of benzene rings is 1. The highest BCUT2D eigenvalue weighted by Gasteiger charge is 2.12. The molecule has 22 heavy (non-hydrogen) atoms. The summed E-state index contributed by atoms with van der Waals surface area (Å²) in [6.45, 7) is 0. The standard InChI is InChI=1S/C14H13N5OS2/c15-13(21)18-17-12(20)6-10-8-22-14-16-11(7-19(10)14)9-4-2-1-3-5-9/h1-5,7-8H,6H2,(H,17,20)(H3,15,18,21). The molecule has 0 saturated carbocycles. The molecule has 8 heteroatoms. The van der Waals surface area contributed by atoms with E-state index in [1.165, 1.54) is 11.3 Å². The Morgan fingerprint density at radius 1 is 1.32 bits per heavy atom. The number of nitrogens with zero attached hydrogens (tertiary/aromatic N) is 2. The van der Waals surface area contributed by atoms with E-state index in [1.807, 2.05) is 46.3 Å². The molecule has 0 aliphatic carbocycles. The normalized spacial score (nSPS) is 10.5. The van der Waals surface area contributed by atoms with Gasteiger partial charge in [0.05, 0.1) is 12.1 Å². The SMILES string of the molecule is NC(=S)NNC(=O)Cc1csc2nc(-c3ccccc3)cn12. The third kappa shape index (κ3) is 3.07. The first kappa shape index (κ1) is 14.5. The van der Waals surface area contributed by atoms with Crippen molar-refractivity contribution in [1.82, 2.24) is 20.2 Å². The summed E-state index contributed by atoms with van der Waals surface area (Å²) in [5.74, 6) is -0.220. The summed E-state index contributed by atoms with van der Waals surface area (Å²) in [6.07, 6.45) is 2.14. The largest absolute Gasteiger partial charge is 0.375 e. The third-order valence-corrected chi connectivity index (χ3v) is 4.01. The van der Waals surface area contributed by atoms with Crippen LogP contribution >= 0.6 is 23.6 Å². The highest BCUT2D eigenvalue weighted by atomic mass is 32.1. The predicted octanol–water partition coefficient (Wildman–Crippen LogP) is 1.47. The molecule has 4 N–H and O–H groups in total. The zero-order chi connectivity index (χ0) is 15.5. The van der Waals surface area contributed by atoms with Crippen LogP contribution < -0.4 is 16.6 Å². The molecule has 0 unspecified atom stereocenters. The van der Waals surface area contributed by atoms with Gasteiger partial charge in [0.25, 0.3) is 0 Å². The lowest BCUT2D eigenvalue weighted by atomic mass is 10.2. The zero-order valence-corrected chi connectivity index (χ0v) is 13.1. The van der Waals surface area contributed by atoms with Crippen molar-refractivity contribution < 1.29 is 4.79 Å². The second kappa shape index (κ2) is 6.12. The third-order valence-electron chi connectivity index (χ3n) is 3.02. The number of nitrogens with one attached hydrogen (secondary N) is 2. The molecule has 0 fully saturated rings. The van der Waals surface area contributed by atoms with Crippen molar-refractivity contribution in [1.29, 1.82) is 0 Å². The molecule has 0 bridgehead atoms. The number of thiazole rings is 1. The quantitative estimate of drug-likeness (QED) is 0.500. The number of thiocarbonyl (C=S) groups is 1. The van der Waals surface area contributed by atoms with Crippen LogP contribution in [0.15, 0.2) is 41.9 Å². The van der Waals surface area contributed by atoms with Crippen LogP contribution in [0.4, 0.5) is 0 Å². The van der Waals surface area contributed by atoms with Gasteiger partial charge in [0, 0.05) is 22.8 Å². The van der Waals surface area contributed by atoms with Crippen molar-refractivity contribution in [2.24, 2.45) is 5.73 Å². The van der Waals surface area contributed by atoms with Gasteiger partial charge in [0.1, 0.15) is 0 Å². The minimum Gasteiger partial charge on any atom is -0.375 e. The van der Waals surface area contributed by atoms with Crippen LogP contribution in [-0.2, 0) is 11.2 Å². The highest BCUT2D eigenvalue weighted by molar-refractivity contribution is 7.80. The molecule has 1 amide bonds. The lowest BCUT2D eigenvalue weighted by Gasteiger charge is -2.05. The molecule has 0 atom stereocenters. The molecule has 2 aromatic heterocycles. The molecule has 2 heterocycles. The Hall–Kier alpha value is -2.45. The van der Waals surface area contributed by atoms with Gasteiger partial charge < -0.3 is 5.73 Å². The smallest absolute Gasteiger partial charge is 0.244 e. The zero-order valence-electron chi connectivity index (χ0n) is 11.4. The summed E-state index contributed by atoms with van der Waals surface area (Å²) in [7, 11) is 0. The molecule has 3 aromatic rings. The maximum Gasteiger partial charge on any atom is 0.244 e. The second-order valence-electron chi connectivity index (χ2n) is 4.59. The van der Waals surface area contributed by atoms with Crippen molar-refractivity contribution >= 4 is 39.5 Å². The number of rotatable bonds is 3. The Kier molecular flexibility index (Phi) is 4.03. The van der Waals surface area contributed by atoms with Crippen molar-refractivity contribution in [3.05, 3.63) is 47.6 Å². The molecule has 3 rings (SSSR count). The van der Waals surface area contributed by atoms with E-state index in [0.29, 0.717) is 0 Å². The minimum atomic E-state index is -0.220. The summed E-state index contributed by atoms with van der Waals surface area (Å²) in [5.41, 5.74) is 12.9. The number of hydrogen-bond donors (Lipinski definition) is 3. The molecule has 0 saturated heterocycles. The average molecular weight is 331 g/mol. The van der Waals surface area contributed by atoms with Gasteiger partial charge >= 0.3 is 0 Å². The van der Waals surface area contributed by atoms with Gasteiger partial charge in [-0.25, -0.2) is 4.98 Å². The molecule has 0 aliphatic heterocycles. The first-order chi connectivity index (χ1) is 10.6. The van der Waals surface area contributed by atoms with Gasteiger partial charge in [-0.1, -0.05) is 30.3 Å². The van der Waals surface area contributed by atoms with Gasteiger partial charge in [-0.05, 0) is 12.2 Å². The molecular formula is C14H13N5OS2.